The molecule has 3 aromatic rings. The van der Waals surface area contributed by atoms with Crippen molar-refractivity contribution in [3.05, 3.63) is 48.5 Å². The molecule has 5 nitrogen and oxygen atoms in total. The number of hydrogen-bond donors (Lipinski definition) is 0. The Kier molecular flexibility index (Phi) is 2.79. The lowest BCUT2D eigenvalue weighted by Gasteiger charge is -2.24. The zero-order chi connectivity index (χ0) is 13.4. The summed E-state index contributed by atoms with van der Waals surface area (Å²) in [6.45, 7) is 1.41. The second-order valence-electron chi connectivity index (χ2n) is 4.75. The maximum atomic E-state index is 5.70. The molecule has 5 heteroatoms. The fraction of sp³-hybridized carbons (Fsp3) is 0.267. The van der Waals surface area contributed by atoms with Crippen LogP contribution in [0.3, 0.4) is 0 Å². The number of benzene rings is 1. The maximum absolute atomic E-state index is 5.70. The van der Waals surface area contributed by atoms with Gasteiger partial charge in [-0.2, -0.15) is 5.10 Å². The smallest absolute Gasteiger partial charge is 0.187 e. The van der Waals surface area contributed by atoms with E-state index in [4.69, 9.17) is 13.9 Å². The summed E-state index contributed by atoms with van der Waals surface area (Å²) in [5, 5.41) is 5.29. The third-order valence-corrected chi connectivity index (χ3v) is 3.41. The molecular weight excluding hydrogens is 256 g/mol. The van der Waals surface area contributed by atoms with Gasteiger partial charge in [0.25, 0.3) is 0 Å². The first-order valence-corrected chi connectivity index (χ1v) is 6.66. The monoisotopic (exact) mass is 270 g/mol. The van der Waals surface area contributed by atoms with Crippen molar-refractivity contribution in [1.82, 2.24) is 9.78 Å². The highest BCUT2D eigenvalue weighted by molar-refractivity contribution is 5.83. The summed E-state index contributed by atoms with van der Waals surface area (Å²) in [4.78, 5) is 0. The fourth-order valence-corrected chi connectivity index (χ4v) is 2.49. The molecule has 1 aromatic carbocycles. The molecule has 20 heavy (non-hydrogen) atoms. The molecule has 102 valence electrons. The Labute approximate surface area is 115 Å². The summed E-state index contributed by atoms with van der Waals surface area (Å²) < 4.78 is 18.8. The molecule has 0 bridgehead atoms. The number of fused-ring (bicyclic) bond motifs is 1. The molecule has 0 radical (unpaired) electrons. The summed E-state index contributed by atoms with van der Waals surface area (Å²) in [5.41, 5.74) is 2.70. The highest BCUT2D eigenvalue weighted by atomic mass is 16.7. The lowest BCUT2D eigenvalue weighted by Crippen LogP contribution is -2.18. The van der Waals surface area contributed by atoms with Crippen molar-refractivity contribution in [3.63, 3.8) is 0 Å². The quantitative estimate of drug-likeness (QED) is 0.718. The zero-order valence-electron chi connectivity index (χ0n) is 10.9. The number of rotatable bonds is 2. The van der Waals surface area contributed by atoms with E-state index in [1.54, 1.807) is 12.5 Å². The van der Waals surface area contributed by atoms with Crippen LogP contribution in [-0.4, -0.2) is 23.0 Å². The van der Waals surface area contributed by atoms with Gasteiger partial charge in [-0.1, -0.05) is 0 Å². The van der Waals surface area contributed by atoms with Gasteiger partial charge in [-0.3, -0.25) is 0 Å². The molecule has 1 aliphatic rings. The van der Waals surface area contributed by atoms with Crippen LogP contribution >= 0.6 is 0 Å². The van der Waals surface area contributed by atoms with E-state index in [-0.39, 0.29) is 6.29 Å². The summed E-state index contributed by atoms with van der Waals surface area (Å²) in [6, 6.07) is 7.88. The Bertz CT molecular complexity index is 712. The molecule has 0 atom stereocenters. The van der Waals surface area contributed by atoms with Crippen molar-refractivity contribution in [2.45, 2.75) is 12.7 Å². The number of nitrogens with zero attached hydrogens (tertiary/aromatic N) is 2. The third-order valence-electron chi connectivity index (χ3n) is 3.41. The predicted molar refractivity (Wildman–Crippen MR) is 72.6 cm³/mol. The molecule has 0 unspecified atom stereocenters. The molecule has 0 spiro atoms. The lowest BCUT2D eigenvalue weighted by atomic mass is 10.1. The van der Waals surface area contributed by atoms with Gasteiger partial charge in [-0.25, -0.2) is 4.68 Å². The summed E-state index contributed by atoms with van der Waals surface area (Å²) in [5.74, 6) is 0. The number of aromatic nitrogens is 2. The predicted octanol–water partition coefficient (Wildman–Crippen LogP) is 3.05. The highest BCUT2D eigenvalue weighted by Gasteiger charge is 2.22. The standard InChI is InChI=1S/C15H14N2O3/c1-4-16-17(5-1)12-9-11-3-8-18-14(11)13(10-12)15-19-6-2-7-20-15/h1,3-5,8-10,15H,2,6-7H2. The van der Waals surface area contributed by atoms with Gasteiger partial charge in [0.2, 0.25) is 0 Å². The molecule has 4 rings (SSSR count). The van der Waals surface area contributed by atoms with E-state index in [0.29, 0.717) is 13.2 Å². The first-order valence-electron chi connectivity index (χ1n) is 6.66. The largest absolute Gasteiger partial charge is 0.464 e. The van der Waals surface area contributed by atoms with Gasteiger partial charge in [-0.15, -0.1) is 0 Å². The van der Waals surface area contributed by atoms with Gasteiger partial charge >= 0.3 is 0 Å². The van der Waals surface area contributed by atoms with Crippen LogP contribution in [0.1, 0.15) is 18.3 Å². The minimum Gasteiger partial charge on any atom is -0.464 e. The second kappa shape index (κ2) is 4.77. The SMILES string of the molecule is c1cnn(-c2cc(C3OCCCO3)c3occc3c2)c1. The van der Waals surface area contributed by atoms with Crippen molar-refractivity contribution < 1.29 is 13.9 Å². The van der Waals surface area contributed by atoms with Crippen molar-refractivity contribution in [2.24, 2.45) is 0 Å². The van der Waals surface area contributed by atoms with Gasteiger partial charge in [0.1, 0.15) is 5.58 Å². The van der Waals surface area contributed by atoms with Crippen LogP contribution < -0.4 is 0 Å². The Morgan fingerprint density at radius 3 is 2.90 bits per heavy atom. The van der Waals surface area contributed by atoms with Crippen molar-refractivity contribution >= 4 is 11.0 Å². The molecular formula is C15H14N2O3. The Morgan fingerprint density at radius 1 is 1.20 bits per heavy atom. The van der Waals surface area contributed by atoms with E-state index < -0.39 is 0 Å². The van der Waals surface area contributed by atoms with Crippen LogP contribution in [0.15, 0.2) is 47.3 Å². The number of ether oxygens (including phenoxy) is 2. The van der Waals surface area contributed by atoms with E-state index in [0.717, 1.165) is 28.6 Å². The third kappa shape index (κ3) is 1.92. The lowest BCUT2D eigenvalue weighted by molar-refractivity contribution is -0.182. The molecule has 0 saturated carbocycles. The van der Waals surface area contributed by atoms with Crippen LogP contribution in [0, 0.1) is 0 Å². The topological polar surface area (TPSA) is 49.4 Å². The fourth-order valence-electron chi connectivity index (χ4n) is 2.49. The number of hydrogen-bond acceptors (Lipinski definition) is 4. The minimum absolute atomic E-state index is 0.368. The van der Waals surface area contributed by atoms with E-state index in [1.807, 2.05) is 35.1 Å². The van der Waals surface area contributed by atoms with Gasteiger partial charge in [0, 0.05) is 17.8 Å². The second-order valence-corrected chi connectivity index (χ2v) is 4.75. The molecule has 1 fully saturated rings. The van der Waals surface area contributed by atoms with Crippen LogP contribution in [0.4, 0.5) is 0 Å². The van der Waals surface area contributed by atoms with Crippen molar-refractivity contribution in [3.8, 4) is 5.69 Å². The molecule has 3 heterocycles. The average molecular weight is 270 g/mol. The molecule has 2 aromatic heterocycles. The van der Waals surface area contributed by atoms with Gasteiger partial charge in [0.05, 0.1) is 30.7 Å². The Morgan fingerprint density at radius 2 is 2.10 bits per heavy atom. The Hall–Kier alpha value is -2.11. The van der Waals surface area contributed by atoms with E-state index >= 15 is 0 Å². The first-order chi connectivity index (χ1) is 9.92. The zero-order valence-corrected chi connectivity index (χ0v) is 10.9. The van der Waals surface area contributed by atoms with Crippen LogP contribution in [0.5, 0.6) is 0 Å². The molecule has 0 amide bonds. The molecule has 1 saturated heterocycles. The van der Waals surface area contributed by atoms with E-state index in [2.05, 4.69) is 5.10 Å². The van der Waals surface area contributed by atoms with Crippen molar-refractivity contribution in [2.75, 3.05) is 13.2 Å². The molecule has 1 aliphatic heterocycles. The normalized spacial score (nSPS) is 16.8. The minimum atomic E-state index is -0.368. The van der Waals surface area contributed by atoms with E-state index in [1.165, 1.54) is 0 Å². The number of furan rings is 1. The van der Waals surface area contributed by atoms with E-state index in [9.17, 15) is 0 Å². The maximum Gasteiger partial charge on any atom is 0.187 e. The van der Waals surface area contributed by atoms with Crippen LogP contribution in [-0.2, 0) is 9.47 Å². The highest BCUT2D eigenvalue weighted by Crippen LogP contribution is 2.32. The molecule has 0 N–H and O–H groups in total. The van der Waals surface area contributed by atoms with Gasteiger partial charge in [0.15, 0.2) is 6.29 Å². The van der Waals surface area contributed by atoms with Crippen molar-refractivity contribution in [1.29, 1.82) is 0 Å². The van der Waals surface area contributed by atoms with Crippen LogP contribution in [0.25, 0.3) is 16.7 Å². The Balaban J connectivity index is 1.86. The van der Waals surface area contributed by atoms with Crippen LogP contribution in [0.2, 0.25) is 0 Å². The average Bonchev–Trinajstić information content (AvgIpc) is 3.18. The summed E-state index contributed by atoms with van der Waals surface area (Å²) >= 11 is 0. The van der Waals surface area contributed by atoms with Gasteiger partial charge in [-0.05, 0) is 30.7 Å². The molecule has 0 aliphatic carbocycles. The summed E-state index contributed by atoms with van der Waals surface area (Å²) in [6.07, 6.45) is 5.91. The first kappa shape index (κ1) is 11.7. The summed E-state index contributed by atoms with van der Waals surface area (Å²) in [7, 11) is 0. The van der Waals surface area contributed by atoms with Gasteiger partial charge < -0.3 is 13.9 Å².